The van der Waals surface area contributed by atoms with Gasteiger partial charge in [0.2, 0.25) is 5.43 Å². The van der Waals surface area contributed by atoms with Gasteiger partial charge in [-0.15, -0.1) is 0 Å². The van der Waals surface area contributed by atoms with Crippen LogP contribution in [0, 0.1) is 0 Å². The molecule has 0 bridgehead atoms. The molecule has 128 valence electrons. The molecule has 0 amide bonds. The molecule has 1 heterocycles. The van der Waals surface area contributed by atoms with E-state index in [0.29, 0.717) is 32.9 Å². The van der Waals surface area contributed by atoms with Gasteiger partial charge in [-0.05, 0) is 25.1 Å². The molecular formula is C19H15ClO5. The molecule has 0 aliphatic rings. The maximum Gasteiger partial charge on any atom is 0.346 e. The van der Waals surface area contributed by atoms with E-state index >= 15 is 0 Å². The van der Waals surface area contributed by atoms with E-state index in [0.717, 1.165) is 0 Å². The van der Waals surface area contributed by atoms with Crippen molar-refractivity contribution in [3.05, 3.63) is 64.0 Å². The van der Waals surface area contributed by atoms with E-state index in [2.05, 4.69) is 4.74 Å². The molecule has 0 aliphatic carbocycles. The summed E-state index contributed by atoms with van der Waals surface area (Å²) in [5, 5.41) is 0.872. The second-order valence-electron chi connectivity index (χ2n) is 5.40. The van der Waals surface area contributed by atoms with Crippen molar-refractivity contribution in [2.24, 2.45) is 0 Å². The van der Waals surface area contributed by atoms with Gasteiger partial charge in [-0.2, -0.15) is 0 Å². The van der Waals surface area contributed by atoms with Gasteiger partial charge in [0.1, 0.15) is 17.6 Å². The summed E-state index contributed by atoms with van der Waals surface area (Å²) in [5.74, 6) is -0.0883. The number of esters is 1. The van der Waals surface area contributed by atoms with Gasteiger partial charge in [-0.1, -0.05) is 29.8 Å². The minimum Gasteiger partial charge on any atom is -0.479 e. The van der Waals surface area contributed by atoms with Crippen LogP contribution < -0.4 is 10.2 Å². The number of methoxy groups -OCH3 is 1. The van der Waals surface area contributed by atoms with Gasteiger partial charge in [0.05, 0.1) is 18.1 Å². The molecule has 2 aromatic carbocycles. The minimum absolute atomic E-state index is 0.193. The molecule has 1 atom stereocenters. The fourth-order valence-corrected chi connectivity index (χ4v) is 2.70. The minimum atomic E-state index is -0.767. The van der Waals surface area contributed by atoms with Gasteiger partial charge in [-0.3, -0.25) is 4.79 Å². The number of ether oxygens (including phenoxy) is 2. The third-order valence-corrected chi connectivity index (χ3v) is 4.09. The highest BCUT2D eigenvalue weighted by molar-refractivity contribution is 6.33. The Bertz CT molecular complexity index is 993. The van der Waals surface area contributed by atoms with Crippen LogP contribution in [0.15, 0.2) is 57.9 Å². The van der Waals surface area contributed by atoms with Crippen LogP contribution in [0.1, 0.15) is 6.92 Å². The molecule has 5 nitrogen and oxygen atoms in total. The van der Waals surface area contributed by atoms with Crippen LogP contribution in [0.2, 0.25) is 5.02 Å². The lowest BCUT2D eigenvalue weighted by atomic mass is 10.1. The summed E-state index contributed by atoms with van der Waals surface area (Å²) < 4.78 is 15.7. The number of carbonyl (C=O) groups excluding carboxylic acids is 1. The van der Waals surface area contributed by atoms with Gasteiger partial charge >= 0.3 is 5.97 Å². The van der Waals surface area contributed by atoms with Crippen LogP contribution in [0.5, 0.6) is 5.75 Å². The van der Waals surface area contributed by atoms with Gasteiger partial charge in [0.15, 0.2) is 6.10 Å². The van der Waals surface area contributed by atoms with E-state index in [-0.39, 0.29) is 5.43 Å². The Balaban J connectivity index is 2.01. The molecule has 0 N–H and O–H groups in total. The fraction of sp³-hybridized carbons (Fsp3) is 0.158. The number of hydrogen-bond acceptors (Lipinski definition) is 5. The maximum absolute atomic E-state index is 12.7. The van der Waals surface area contributed by atoms with E-state index in [1.54, 1.807) is 49.4 Å². The summed E-state index contributed by atoms with van der Waals surface area (Å²) in [6.07, 6.45) is 0.607. The Labute approximate surface area is 148 Å². The molecule has 6 heteroatoms. The van der Waals surface area contributed by atoms with Gasteiger partial charge in [-0.25, -0.2) is 4.79 Å². The quantitative estimate of drug-likeness (QED) is 0.658. The van der Waals surface area contributed by atoms with Crippen molar-refractivity contribution in [2.45, 2.75) is 13.0 Å². The number of benzene rings is 2. The maximum atomic E-state index is 12.7. The molecule has 0 fully saturated rings. The molecule has 0 radical (unpaired) electrons. The van der Waals surface area contributed by atoms with Gasteiger partial charge in [0, 0.05) is 16.7 Å². The van der Waals surface area contributed by atoms with Crippen LogP contribution in [0.4, 0.5) is 0 Å². The van der Waals surface area contributed by atoms with E-state index < -0.39 is 12.1 Å². The van der Waals surface area contributed by atoms with Crippen molar-refractivity contribution in [1.29, 1.82) is 0 Å². The SMILES string of the molecule is COC(=O)C(C)Oc1ccc2c(=O)c(-c3ccccc3Cl)coc2c1. The van der Waals surface area contributed by atoms with Crippen LogP contribution in [-0.4, -0.2) is 19.2 Å². The number of carbonyl (C=O) groups is 1. The molecular weight excluding hydrogens is 344 g/mol. The second-order valence-corrected chi connectivity index (χ2v) is 5.81. The Morgan fingerprint density at radius 1 is 1.16 bits per heavy atom. The number of rotatable bonds is 4. The first kappa shape index (κ1) is 17.0. The average molecular weight is 359 g/mol. The molecule has 1 aromatic heterocycles. The van der Waals surface area contributed by atoms with Crippen molar-refractivity contribution in [1.82, 2.24) is 0 Å². The zero-order valence-electron chi connectivity index (χ0n) is 13.6. The fourth-order valence-electron chi connectivity index (χ4n) is 2.47. The van der Waals surface area contributed by atoms with Crippen LogP contribution >= 0.6 is 11.6 Å². The predicted octanol–water partition coefficient (Wildman–Crippen LogP) is 4.05. The van der Waals surface area contributed by atoms with E-state index in [1.807, 2.05) is 0 Å². The standard InChI is InChI=1S/C19H15ClO5/c1-11(19(22)23-2)25-12-7-8-14-17(9-12)24-10-15(18(14)21)13-5-3-4-6-16(13)20/h3-11H,1-2H3. The van der Waals surface area contributed by atoms with Crippen molar-refractivity contribution >= 4 is 28.5 Å². The smallest absolute Gasteiger partial charge is 0.346 e. The summed E-state index contributed by atoms with van der Waals surface area (Å²) in [6.45, 7) is 1.58. The summed E-state index contributed by atoms with van der Waals surface area (Å²) in [4.78, 5) is 24.2. The molecule has 1 unspecified atom stereocenters. The molecule has 0 aliphatic heterocycles. The van der Waals surface area contributed by atoms with Crippen molar-refractivity contribution in [3.8, 4) is 16.9 Å². The zero-order valence-corrected chi connectivity index (χ0v) is 14.4. The number of hydrogen-bond donors (Lipinski definition) is 0. The van der Waals surface area contributed by atoms with E-state index in [4.69, 9.17) is 20.8 Å². The molecule has 0 saturated heterocycles. The second kappa shape index (κ2) is 6.99. The topological polar surface area (TPSA) is 65.7 Å². The lowest BCUT2D eigenvalue weighted by Crippen LogP contribution is -2.24. The lowest BCUT2D eigenvalue weighted by molar-refractivity contribution is -0.147. The van der Waals surface area contributed by atoms with E-state index in [1.165, 1.54) is 13.4 Å². The Hall–Kier alpha value is -2.79. The first-order chi connectivity index (χ1) is 12.0. The first-order valence-corrected chi connectivity index (χ1v) is 7.94. The van der Waals surface area contributed by atoms with Crippen molar-refractivity contribution in [3.63, 3.8) is 0 Å². The molecule has 0 spiro atoms. The summed E-state index contributed by atoms with van der Waals surface area (Å²) >= 11 is 6.16. The molecule has 25 heavy (non-hydrogen) atoms. The Morgan fingerprint density at radius 2 is 1.92 bits per heavy atom. The summed E-state index contributed by atoms with van der Waals surface area (Å²) in [5.41, 5.74) is 1.16. The van der Waals surface area contributed by atoms with Gasteiger partial charge in [0.25, 0.3) is 0 Å². The monoisotopic (exact) mass is 358 g/mol. The van der Waals surface area contributed by atoms with Crippen molar-refractivity contribution in [2.75, 3.05) is 7.11 Å². The molecule has 3 rings (SSSR count). The van der Waals surface area contributed by atoms with Crippen molar-refractivity contribution < 1.29 is 18.7 Å². The van der Waals surface area contributed by atoms with Crippen LogP contribution in [0.3, 0.4) is 0 Å². The zero-order chi connectivity index (χ0) is 18.0. The summed E-state index contributed by atoms with van der Waals surface area (Å²) in [7, 11) is 1.29. The number of halogens is 1. The van der Waals surface area contributed by atoms with E-state index in [9.17, 15) is 9.59 Å². The van der Waals surface area contributed by atoms with Crippen LogP contribution in [-0.2, 0) is 9.53 Å². The third kappa shape index (κ3) is 3.37. The Kier molecular flexibility index (Phi) is 4.76. The Morgan fingerprint density at radius 3 is 2.64 bits per heavy atom. The highest BCUT2D eigenvalue weighted by atomic mass is 35.5. The number of fused-ring (bicyclic) bond motifs is 1. The van der Waals surface area contributed by atoms with Crippen LogP contribution in [0.25, 0.3) is 22.1 Å². The van der Waals surface area contributed by atoms with Gasteiger partial charge < -0.3 is 13.9 Å². The average Bonchev–Trinajstić information content (AvgIpc) is 2.62. The normalized spacial score (nSPS) is 12.0. The summed E-state index contributed by atoms with van der Waals surface area (Å²) in [6, 6.07) is 11.8. The predicted molar refractivity (Wildman–Crippen MR) is 95.0 cm³/mol. The highest BCUT2D eigenvalue weighted by Gasteiger charge is 2.16. The first-order valence-electron chi connectivity index (χ1n) is 7.56. The molecule has 0 saturated carbocycles. The lowest BCUT2D eigenvalue weighted by Gasteiger charge is -2.12. The highest BCUT2D eigenvalue weighted by Crippen LogP contribution is 2.28. The molecule has 3 aromatic rings. The third-order valence-electron chi connectivity index (χ3n) is 3.76. The largest absolute Gasteiger partial charge is 0.479 e.